The van der Waals surface area contributed by atoms with Crippen LogP contribution in [0.4, 0.5) is 4.39 Å². The fourth-order valence-corrected chi connectivity index (χ4v) is 15.2. The fraction of sp³-hybridized carbons (Fsp3) is 0.975. The zero-order valence-corrected chi connectivity index (χ0v) is 32.2. The molecule has 5 saturated carbocycles. The lowest BCUT2D eigenvalue weighted by molar-refractivity contribution is -0.303. The second-order valence-electron chi connectivity index (χ2n) is 19.7. The monoisotopic (exact) mass is 724 g/mol. The molecule has 2 spiro atoms. The number of carbonyl (C=O) groups excluding carboxylic acids is 1. The van der Waals surface area contributed by atoms with E-state index in [2.05, 4.69) is 41.5 Å². The van der Waals surface area contributed by atoms with Crippen molar-refractivity contribution in [2.45, 2.75) is 174 Å². The van der Waals surface area contributed by atoms with Gasteiger partial charge in [-0.2, -0.15) is 0 Å². The molecule has 0 radical (unpaired) electrons. The number of alkyl halides is 1. The van der Waals surface area contributed by atoms with Crippen LogP contribution in [0.3, 0.4) is 0 Å². The first-order chi connectivity index (χ1) is 23.6. The third-order valence-electron chi connectivity index (χ3n) is 17.3. The predicted octanol–water partition coefficient (Wildman–Crippen LogP) is 4.30. The van der Waals surface area contributed by atoms with Crippen LogP contribution in [0.15, 0.2) is 0 Å². The Bertz CT molecular complexity index is 1370. The van der Waals surface area contributed by atoms with E-state index in [9.17, 15) is 34.7 Å². The molecule has 0 aromatic rings. The van der Waals surface area contributed by atoms with Gasteiger partial charge >= 0.3 is 5.97 Å². The number of hydrogen-bond acceptors (Lipinski definition) is 10. The van der Waals surface area contributed by atoms with E-state index < -0.39 is 72.2 Å². The van der Waals surface area contributed by atoms with Crippen LogP contribution in [0.5, 0.6) is 0 Å². The standard InChI is InChI=1S/C40H65FO10/c1-20-18-24(31(35(6,7)46)49-22(3)42)50-32-28(20)36(8)14-15-39-21(2)38(39)13-12-27(51-33-30(45)29(44)23(43)19-48-33)34(4,5)25(38)10-11-26(39)37(36,9)40(32,47)16-17-41/h20-21,23-33,43-47H,10-19H2,1-9H3. The Hall–Kier alpha value is -0.920. The zero-order valence-electron chi connectivity index (χ0n) is 32.2. The molecule has 0 amide bonds. The van der Waals surface area contributed by atoms with E-state index in [0.717, 1.165) is 38.5 Å². The number of ether oxygens (including phenoxy) is 4. The van der Waals surface area contributed by atoms with Gasteiger partial charge in [-0.25, -0.2) is 0 Å². The highest BCUT2D eigenvalue weighted by Gasteiger charge is 2.89. The van der Waals surface area contributed by atoms with Gasteiger partial charge in [0.15, 0.2) is 12.4 Å². The van der Waals surface area contributed by atoms with Crippen molar-refractivity contribution in [2.75, 3.05) is 13.3 Å². The van der Waals surface area contributed by atoms with Gasteiger partial charge in [-0.3, -0.25) is 9.18 Å². The van der Waals surface area contributed by atoms with E-state index in [1.165, 1.54) is 6.92 Å². The molecule has 18 atom stereocenters. The van der Waals surface area contributed by atoms with Gasteiger partial charge in [-0.15, -0.1) is 0 Å². The number of esters is 1. The topological polar surface area (TPSA) is 155 Å². The van der Waals surface area contributed by atoms with Gasteiger partial charge < -0.3 is 44.5 Å². The maximum atomic E-state index is 14.9. The van der Waals surface area contributed by atoms with Gasteiger partial charge in [0.05, 0.1) is 42.8 Å². The van der Waals surface area contributed by atoms with Gasteiger partial charge in [0.2, 0.25) is 0 Å². The van der Waals surface area contributed by atoms with E-state index in [-0.39, 0.29) is 58.5 Å². The molecule has 7 aliphatic rings. The highest BCUT2D eigenvalue weighted by Crippen LogP contribution is 2.92. The Balaban J connectivity index is 1.22. The third kappa shape index (κ3) is 4.77. The van der Waals surface area contributed by atoms with Gasteiger partial charge in [0.1, 0.15) is 18.3 Å². The number of halogens is 1. The molecule has 2 aliphatic heterocycles. The van der Waals surface area contributed by atoms with E-state index in [4.69, 9.17) is 18.9 Å². The molecule has 7 rings (SSSR count). The van der Waals surface area contributed by atoms with E-state index >= 15 is 0 Å². The quantitative estimate of drug-likeness (QED) is 0.190. The lowest BCUT2D eigenvalue weighted by atomic mass is 9.40. The zero-order chi connectivity index (χ0) is 37.5. The van der Waals surface area contributed by atoms with Crippen LogP contribution in [0, 0.1) is 56.7 Å². The molecular formula is C40H65FO10. The van der Waals surface area contributed by atoms with Gasteiger partial charge in [-0.05, 0) is 110 Å². The lowest BCUT2D eigenvalue weighted by Crippen LogP contribution is -2.64. The average Bonchev–Trinajstić information content (AvgIpc) is 3.52. The van der Waals surface area contributed by atoms with Gasteiger partial charge in [0.25, 0.3) is 0 Å². The SMILES string of the molecule is CC(=O)OC(C1CC(C)C2C(O1)C(O)(CCF)C1(C)C3CCC4C(C)(C)C(OC5OCC(O)C(O)C5O)CCC45C(C)C35CCC21C)C(C)(C)O. The predicted molar refractivity (Wildman–Crippen MR) is 185 cm³/mol. The highest BCUT2D eigenvalue weighted by atomic mass is 19.1. The Morgan fingerprint density at radius 3 is 2.25 bits per heavy atom. The van der Waals surface area contributed by atoms with E-state index in [1.54, 1.807) is 13.8 Å². The maximum absolute atomic E-state index is 14.9. The molecule has 2 saturated heterocycles. The smallest absolute Gasteiger partial charge is 0.303 e. The summed E-state index contributed by atoms with van der Waals surface area (Å²) < 4.78 is 39.7. The summed E-state index contributed by atoms with van der Waals surface area (Å²) in [7, 11) is 0. The highest BCUT2D eigenvalue weighted by molar-refractivity contribution is 5.66. The molecule has 5 aliphatic carbocycles. The number of rotatable bonds is 7. The fourth-order valence-electron chi connectivity index (χ4n) is 15.2. The number of aliphatic hydroxyl groups is 5. The summed E-state index contributed by atoms with van der Waals surface area (Å²) in [5.74, 6) is 0.376. The van der Waals surface area contributed by atoms with Crippen LogP contribution >= 0.6 is 0 Å². The van der Waals surface area contributed by atoms with Gasteiger partial charge in [0, 0.05) is 18.8 Å². The number of fused-ring (bicyclic) bond motifs is 4. The molecule has 0 aromatic carbocycles. The van der Waals surface area contributed by atoms with Crippen molar-refractivity contribution in [3.05, 3.63) is 0 Å². The van der Waals surface area contributed by atoms with Crippen molar-refractivity contribution in [3.63, 3.8) is 0 Å². The van der Waals surface area contributed by atoms with Crippen molar-refractivity contribution in [3.8, 4) is 0 Å². The normalized spacial score (nSPS) is 55.0. The minimum absolute atomic E-state index is 0.0199. The molecule has 10 nitrogen and oxygen atoms in total. The molecule has 0 aromatic heterocycles. The molecule has 7 fully saturated rings. The van der Waals surface area contributed by atoms with E-state index in [0.29, 0.717) is 18.3 Å². The summed E-state index contributed by atoms with van der Waals surface area (Å²) in [4.78, 5) is 12.2. The van der Waals surface area contributed by atoms with Crippen molar-refractivity contribution >= 4 is 5.97 Å². The van der Waals surface area contributed by atoms with Crippen molar-refractivity contribution in [1.82, 2.24) is 0 Å². The molecule has 5 N–H and O–H groups in total. The lowest BCUT2D eigenvalue weighted by Gasteiger charge is -2.65. The van der Waals surface area contributed by atoms with Crippen LogP contribution in [-0.4, -0.2) is 105 Å². The minimum atomic E-state index is -1.47. The Labute approximate surface area is 303 Å². The average molecular weight is 725 g/mol. The first-order valence-corrected chi connectivity index (χ1v) is 19.8. The minimum Gasteiger partial charge on any atom is -0.457 e. The Morgan fingerprint density at radius 1 is 0.980 bits per heavy atom. The van der Waals surface area contributed by atoms with E-state index in [1.807, 2.05) is 0 Å². The molecule has 292 valence electrons. The Morgan fingerprint density at radius 2 is 1.63 bits per heavy atom. The number of aliphatic hydroxyl groups excluding tert-OH is 3. The first kappa shape index (κ1) is 38.4. The summed E-state index contributed by atoms with van der Waals surface area (Å²) in [6.07, 6.45) is -1.35. The summed E-state index contributed by atoms with van der Waals surface area (Å²) in [5, 5.41) is 55.5. The summed E-state index contributed by atoms with van der Waals surface area (Å²) in [6.45, 7) is 17.5. The molecule has 0 bridgehead atoms. The molecule has 18 unspecified atom stereocenters. The van der Waals surface area contributed by atoms with Crippen molar-refractivity contribution in [2.24, 2.45) is 56.7 Å². The van der Waals surface area contributed by atoms with Gasteiger partial charge in [-0.1, -0.05) is 41.5 Å². The summed E-state index contributed by atoms with van der Waals surface area (Å²) >= 11 is 0. The summed E-state index contributed by atoms with van der Waals surface area (Å²) in [5.41, 5.74) is -4.15. The van der Waals surface area contributed by atoms with Crippen LogP contribution in [0.25, 0.3) is 0 Å². The van der Waals surface area contributed by atoms with Crippen LogP contribution in [0.2, 0.25) is 0 Å². The maximum Gasteiger partial charge on any atom is 0.303 e. The van der Waals surface area contributed by atoms with Crippen molar-refractivity contribution in [1.29, 1.82) is 0 Å². The number of carbonyl (C=O) groups is 1. The molecule has 2 heterocycles. The first-order valence-electron chi connectivity index (χ1n) is 19.8. The second kappa shape index (κ2) is 12.0. The number of hydrogen-bond donors (Lipinski definition) is 5. The molecule has 51 heavy (non-hydrogen) atoms. The van der Waals surface area contributed by atoms with Crippen LogP contribution < -0.4 is 0 Å². The Kier molecular flexibility index (Phi) is 9.05. The van der Waals surface area contributed by atoms with Crippen molar-refractivity contribution < 1.29 is 53.7 Å². The molecular weight excluding hydrogens is 659 g/mol. The largest absolute Gasteiger partial charge is 0.457 e. The summed E-state index contributed by atoms with van der Waals surface area (Å²) in [6, 6.07) is 0. The second-order valence-corrected chi connectivity index (χ2v) is 19.7. The molecule has 11 heteroatoms. The third-order valence-corrected chi connectivity index (χ3v) is 17.3. The van der Waals surface area contributed by atoms with Crippen LogP contribution in [-0.2, 0) is 23.7 Å². The van der Waals surface area contributed by atoms with Crippen LogP contribution in [0.1, 0.15) is 114 Å².